The number of hydrogen-bond donors (Lipinski definition) is 2. The predicted octanol–water partition coefficient (Wildman–Crippen LogP) is 4.90. The summed E-state index contributed by atoms with van der Waals surface area (Å²) in [5.41, 5.74) is 3.41. The number of ether oxygens (including phenoxy) is 2. The van der Waals surface area contributed by atoms with Gasteiger partial charge in [-0.1, -0.05) is 84.9 Å². The summed E-state index contributed by atoms with van der Waals surface area (Å²) >= 11 is 0. The van der Waals surface area contributed by atoms with Crippen LogP contribution in [-0.2, 0) is 13.1 Å². The van der Waals surface area contributed by atoms with Crippen LogP contribution in [0.1, 0.15) is 24.5 Å². The molecule has 0 aliphatic rings. The number of aromatic amines is 2. The number of benzene rings is 4. The molecule has 0 amide bonds. The molecule has 16 heteroatoms. The fourth-order valence-corrected chi connectivity index (χ4v) is 5.59. The Morgan fingerprint density at radius 3 is 1.38 bits per heavy atom. The van der Waals surface area contributed by atoms with Gasteiger partial charge in [-0.15, -0.1) is 10.2 Å². The van der Waals surface area contributed by atoms with Gasteiger partial charge >= 0.3 is 0 Å². The molecule has 4 aromatic carbocycles. The summed E-state index contributed by atoms with van der Waals surface area (Å²) in [5.74, 6) is 5.01. The number of unbranched alkanes of at least 4 members (excludes halogenated alkanes) is 1. The Morgan fingerprint density at radius 1 is 0.500 bits per heavy atom. The van der Waals surface area contributed by atoms with E-state index in [-0.39, 0.29) is 0 Å². The Morgan fingerprint density at radius 2 is 0.923 bits per heavy atom. The van der Waals surface area contributed by atoms with Crippen molar-refractivity contribution in [2.24, 2.45) is 0 Å². The Kier molecular flexibility index (Phi) is 9.39. The first-order valence-electron chi connectivity index (χ1n) is 16.7. The minimum Gasteiger partial charge on any atom is -0.493 e. The van der Waals surface area contributed by atoms with Crippen LogP contribution >= 0.6 is 0 Å². The summed E-state index contributed by atoms with van der Waals surface area (Å²) < 4.78 is 15.7. The van der Waals surface area contributed by atoms with E-state index in [0.717, 1.165) is 35.1 Å². The fourth-order valence-electron chi connectivity index (χ4n) is 5.59. The maximum absolute atomic E-state index is 6.18. The second-order valence-corrected chi connectivity index (χ2v) is 11.7. The van der Waals surface area contributed by atoms with Crippen molar-refractivity contribution in [1.29, 1.82) is 0 Å². The lowest BCUT2D eigenvalue weighted by atomic mass is 10.2. The molecule has 0 fully saturated rings. The van der Waals surface area contributed by atoms with Gasteiger partial charge in [0.15, 0.2) is 23.3 Å². The molecule has 4 heterocycles. The second-order valence-electron chi connectivity index (χ2n) is 11.7. The van der Waals surface area contributed by atoms with Gasteiger partial charge in [-0.3, -0.25) is 10.2 Å². The van der Waals surface area contributed by atoms with Gasteiger partial charge < -0.3 is 9.47 Å². The first kappa shape index (κ1) is 32.1. The molecule has 16 nitrogen and oxygen atoms in total. The summed E-state index contributed by atoms with van der Waals surface area (Å²) in [6.07, 6.45) is 1.55. The number of H-pyrrole nitrogens is 2. The van der Waals surface area contributed by atoms with Crippen molar-refractivity contribution >= 4 is 0 Å². The molecule has 52 heavy (non-hydrogen) atoms. The van der Waals surface area contributed by atoms with Gasteiger partial charge in [0.2, 0.25) is 0 Å². The summed E-state index contributed by atoms with van der Waals surface area (Å²) in [6, 6.07) is 35.0. The van der Waals surface area contributed by atoms with Crippen molar-refractivity contribution in [2.45, 2.75) is 25.9 Å². The molecule has 0 unspecified atom stereocenters. The van der Waals surface area contributed by atoms with E-state index in [1.54, 1.807) is 9.36 Å². The number of nitrogens with zero attached hydrogens (tertiary/aromatic N) is 12. The average molecular weight is 693 g/mol. The number of tetrazole rings is 2. The predicted molar refractivity (Wildman–Crippen MR) is 189 cm³/mol. The van der Waals surface area contributed by atoms with Gasteiger partial charge in [-0.25, -0.2) is 19.3 Å². The van der Waals surface area contributed by atoms with Crippen LogP contribution in [0.2, 0.25) is 0 Å². The van der Waals surface area contributed by atoms with Crippen molar-refractivity contribution in [1.82, 2.24) is 70.8 Å². The van der Waals surface area contributed by atoms with E-state index in [1.165, 1.54) is 0 Å². The number of aromatic nitrogens is 14. The van der Waals surface area contributed by atoms with Crippen molar-refractivity contribution in [3.05, 3.63) is 121 Å². The Balaban J connectivity index is 0.842. The fraction of sp³-hybridized carbons (Fsp3) is 0.167. The third-order valence-electron chi connectivity index (χ3n) is 8.10. The molecule has 0 saturated carbocycles. The van der Waals surface area contributed by atoms with E-state index in [1.807, 2.05) is 109 Å². The minimum absolute atomic E-state index is 0.337. The summed E-state index contributed by atoms with van der Waals surface area (Å²) in [5, 5.41) is 39.2. The lowest BCUT2D eigenvalue weighted by Crippen LogP contribution is -2.06. The van der Waals surface area contributed by atoms with Crippen molar-refractivity contribution in [3.63, 3.8) is 0 Å². The quantitative estimate of drug-likeness (QED) is 0.139. The smallest absolute Gasteiger partial charge is 0.184 e. The van der Waals surface area contributed by atoms with Crippen LogP contribution in [0.5, 0.6) is 11.5 Å². The first-order chi connectivity index (χ1) is 25.8. The van der Waals surface area contributed by atoms with Gasteiger partial charge in [-0.2, -0.15) is 10.2 Å². The summed E-state index contributed by atoms with van der Waals surface area (Å²) in [7, 11) is 0. The molecule has 0 aliphatic heterocycles. The molecule has 0 atom stereocenters. The van der Waals surface area contributed by atoms with Gasteiger partial charge in [0, 0.05) is 11.1 Å². The van der Waals surface area contributed by atoms with E-state index >= 15 is 0 Å². The van der Waals surface area contributed by atoms with Crippen LogP contribution in [0, 0.1) is 0 Å². The average Bonchev–Trinajstić information content (AvgIpc) is 4.03. The molecule has 0 radical (unpaired) electrons. The van der Waals surface area contributed by atoms with Crippen LogP contribution in [0.3, 0.4) is 0 Å². The zero-order chi connectivity index (χ0) is 35.0. The normalized spacial score (nSPS) is 11.2. The number of nitrogens with one attached hydrogen (secondary N) is 2. The molecule has 4 aromatic heterocycles. The molecule has 8 aromatic rings. The minimum atomic E-state index is 0.337. The van der Waals surface area contributed by atoms with Crippen LogP contribution in [0.15, 0.2) is 109 Å². The molecule has 0 spiro atoms. The van der Waals surface area contributed by atoms with Gasteiger partial charge in [0.1, 0.15) is 36.2 Å². The van der Waals surface area contributed by atoms with Gasteiger partial charge in [-0.05, 0) is 58.0 Å². The first-order valence-corrected chi connectivity index (χ1v) is 16.7. The van der Waals surface area contributed by atoms with E-state index in [2.05, 4.69) is 51.4 Å². The SMILES string of the molecule is c1ccc(-c2nnnn2Cc2nc(-c3ccccc3OCCCCOc3ccccc3-c3n[nH]c(Cn4nnnc4-c4ccccc4)n3)n[nH]2)cc1. The van der Waals surface area contributed by atoms with Crippen molar-refractivity contribution in [2.75, 3.05) is 13.2 Å². The van der Waals surface area contributed by atoms with E-state index in [0.29, 0.717) is 72.7 Å². The standard InChI is InChI=1S/C36H32N14O2/c1-3-13-25(14-4-1)35-43-45-47-49(35)23-31-37-33(41-39-31)27-17-7-9-19-29(27)51-21-11-12-22-52-30-20-10-8-18-28(30)34-38-32(40-42-34)24-50-36(44-46-48-50)26-15-5-2-6-16-26/h1-10,13-20H,11-12,21-24H2,(H,37,39,41)(H,38,40,42). The zero-order valence-electron chi connectivity index (χ0n) is 27.8. The van der Waals surface area contributed by atoms with Crippen molar-refractivity contribution < 1.29 is 9.47 Å². The highest BCUT2D eigenvalue weighted by Gasteiger charge is 2.17. The molecule has 0 saturated heterocycles. The van der Waals surface area contributed by atoms with Crippen LogP contribution in [-0.4, -0.2) is 84.0 Å². The molecule has 8 rings (SSSR count). The summed E-state index contributed by atoms with van der Waals surface area (Å²) in [4.78, 5) is 9.41. The third-order valence-corrected chi connectivity index (χ3v) is 8.10. The van der Waals surface area contributed by atoms with Gasteiger partial charge in [0.25, 0.3) is 0 Å². The monoisotopic (exact) mass is 692 g/mol. The van der Waals surface area contributed by atoms with Crippen LogP contribution in [0.4, 0.5) is 0 Å². The van der Waals surface area contributed by atoms with Crippen LogP contribution < -0.4 is 9.47 Å². The molecular weight excluding hydrogens is 660 g/mol. The maximum atomic E-state index is 6.18. The Hall–Kier alpha value is -7.10. The topological polar surface area (TPSA) is 189 Å². The van der Waals surface area contributed by atoms with E-state index < -0.39 is 0 Å². The van der Waals surface area contributed by atoms with Crippen LogP contribution in [0.25, 0.3) is 45.6 Å². The third kappa shape index (κ3) is 7.25. The van der Waals surface area contributed by atoms with E-state index in [9.17, 15) is 0 Å². The highest BCUT2D eigenvalue weighted by atomic mass is 16.5. The highest BCUT2D eigenvalue weighted by molar-refractivity contribution is 5.64. The maximum Gasteiger partial charge on any atom is 0.184 e. The van der Waals surface area contributed by atoms with E-state index in [4.69, 9.17) is 19.4 Å². The Labute approximate surface area is 296 Å². The molecular formula is C36H32N14O2. The lowest BCUT2D eigenvalue weighted by Gasteiger charge is -2.11. The molecule has 258 valence electrons. The van der Waals surface area contributed by atoms with Gasteiger partial charge in [0.05, 0.1) is 24.3 Å². The molecule has 2 N–H and O–H groups in total. The largest absolute Gasteiger partial charge is 0.493 e. The zero-order valence-corrected chi connectivity index (χ0v) is 27.8. The van der Waals surface area contributed by atoms with Crippen molar-refractivity contribution in [3.8, 4) is 57.1 Å². The highest BCUT2D eigenvalue weighted by Crippen LogP contribution is 2.29. The second kappa shape index (κ2) is 15.2. The number of para-hydroxylation sites is 2. The summed E-state index contributed by atoms with van der Waals surface area (Å²) in [6.45, 7) is 1.67. The Bertz CT molecular complexity index is 2180. The lowest BCUT2D eigenvalue weighted by molar-refractivity contribution is 0.267. The number of rotatable bonds is 15. The number of hydrogen-bond acceptors (Lipinski definition) is 12. The molecule has 0 bridgehead atoms. The molecule has 0 aliphatic carbocycles.